The Hall–Kier alpha value is -2.62. The molecule has 0 radical (unpaired) electrons. The van der Waals surface area contributed by atoms with Crippen LogP contribution in [0.25, 0.3) is 0 Å². The summed E-state index contributed by atoms with van der Waals surface area (Å²) < 4.78 is 0. The molecule has 0 unspecified atom stereocenters. The summed E-state index contributed by atoms with van der Waals surface area (Å²) >= 11 is 0. The summed E-state index contributed by atoms with van der Waals surface area (Å²) in [5, 5.41) is 18.7. The maximum Gasteiger partial charge on any atom is 0.336 e. The van der Waals surface area contributed by atoms with E-state index in [-0.39, 0.29) is 17.5 Å². The number of aromatic carboxylic acids is 2. The molecule has 1 aromatic carbocycles. The van der Waals surface area contributed by atoms with E-state index < -0.39 is 11.9 Å². The fraction of sp³-hybridized carbons (Fsp3) is 0.176. The lowest BCUT2D eigenvalue weighted by Gasteiger charge is -2.17. The van der Waals surface area contributed by atoms with Crippen LogP contribution in [0.4, 0.5) is 0 Å². The molecule has 0 saturated heterocycles. The van der Waals surface area contributed by atoms with Gasteiger partial charge < -0.3 is 10.2 Å². The van der Waals surface area contributed by atoms with Crippen molar-refractivity contribution in [3.05, 3.63) is 71.8 Å². The van der Waals surface area contributed by atoms with Crippen LogP contribution >= 0.6 is 0 Å². The number of hydrogen-bond acceptors (Lipinski definition) is 2. The van der Waals surface area contributed by atoms with Gasteiger partial charge in [-0.2, -0.15) is 0 Å². The van der Waals surface area contributed by atoms with E-state index in [9.17, 15) is 19.8 Å². The normalized spacial score (nSPS) is 9.90. The summed E-state index contributed by atoms with van der Waals surface area (Å²) in [6, 6.07) is 1.42. The van der Waals surface area contributed by atoms with Crippen molar-refractivity contribution in [2.75, 3.05) is 0 Å². The SMILES string of the molecule is C=CCc1cc(C(=O)O)c(C(=O)O)c(CC=C)c1CC=C. The molecule has 110 valence electrons. The molecule has 4 nitrogen and oxygen atoms in total. The number of carboxylic acids is 2. The number of carbonyl (C=O) groups is 2. The molecule has 0 fully saturated rings. The summed E-state index contributed by atoms with van der Waals surface area (Å²) in [7, 11) is 0. The van der Waals surface area contributed by atoms with E-state index in [2.05, 4.69) is 19.7 Å². The Morgan fingerprint density at radius 3 is 1.86 bits per heavy atom. The molecule has 0 aliphatic rings. The van der Waals surface area contributed by atoms with Crippen LogP contribution in [0.3, 0.4) is 0 Å². The standard InChI is InChI=1S/C17H18O4/c1-4-7-11-10-14(16(18)19)15(17(20)21)13(9-6-3)12(11)8-5-2/h4-6,10H,1-3,7-9H2,(H,18,19)(H,20,21). The van der Waals surface area contributed by atoms with Gasteiger partial charge in [-0.15, -0.1) is 19.7 Å². The molecule has 0 heterocycles. The van der Waals surface area contributed by atoms with Crippen molar-refractivity contribution in [2.24, 2.45) is 0 Å². The van der Waals surface area contributed by atoms with E-state index in [0.29, 0.717) is 18.4 Å². The van der Waals surface area contributed by atoms with E-state index in [1.807, 2.05) is 0 Å². The summed E-state index contributed by atoms with van der Waals surface area (Å²) in [4.78, 5) is 22.9. The van der Waals surface area contributed by atoms with Crippen LogP contribution in [-0.4, -0.2) is 22.2 Å². The van der Waals surface area contributed by atoms with Crippen LogP contribution in [-0.2, 0) is 19.3 Å². The molecule has 0 atom stereocenters. The number of carboxylic acid groups (broad SMARTS) is 2. The second kappa shape index (κ2) is 7.24. The van der Waals surface area contributed by atoms with E-state index in [0.717, 1.165) is 11.1 Å². The molecular formula is C17H18O4. The van der Waals surface area contributed by atoms with Gasteiger partial charge in [0, 0.05) is 0 Å². The van der Waals surface area contributed by atoms with Crippen molar-refractivity contribution in [1.82, 2.24) is 0 Å². The third-order valence-corrected chi connectivity index (χ3v) is 3.15. The van der Waals surface area contributed by atoms with Gasteiger partial charge >= 0.3 is 11.9 Å². The van der Waals surface area contributed by atoms with Crippen LogP contribution in [0.2, 0.25) is 0 Å². The van der Waals surface area contributed by atoms with Crippen LogP contribution in [0, 0.1) is 0 Å². The molecule has 0 aromatic heterocycles. The Kier molecular flexibility index (Phi) is 5.67. The van der Waals surface area contributed by atoms with Crippen LogP contribution in [0.1, 0.15) is 37.4 Å². The van der Waals surface area contributed by atoms with Crippen LogP contribution in [0.5, 0.6) is 0 Å². The van der Waals surface area contributed by atoms with Gasteiger partial charge in [0.25, 0.3) is 0 Å². The monoisotopic (exact) mass is 286 g/mol. The molecular weight excluding hydrogens is 268 g/mol. The Bertz CT molecular complexity index is 612. The molecule has 2 N–H and O–H groups in total. The van der Waals surface area contributed by atoms with Gasteiger partial charge in [-0.25, -0.2) is 9.59 Å². The fourth-order valence-electron chi connectivity index (χ4n) is 2.36. The third-order valence-electron chi connectivity index (χ3n) is 3.15. The van der Waals surface area contributed by atoms with Gasteiger partial charge in [0.05, 0.1) is 11.1 Å². The van der Waals surface area contributed by atoms with E-state index in [1.165, 1.54) is 6.07 Å². The Morgan fingerprint density at radius 1 is 0.905 bits per heavy atom. The second-order valence-electron chi connectivity index (χ2n) is 4.50. The molecule has 4 heteroatoms. The molecule has 0 saturated carbocycles. The molecule has 0 spiro atoms. The first kappa shape index (κ1) is 16.4. The predicted octanol–water partition coefficient (Wildman–Crippen LogP) is 3.27. The zero-order chi connectivity index (χ0) is 16.0. The maximum atomic E-state index is 11.5. The molecule has 0 aliphatic heterocycles. The van der Waals surface area contributed by atoms with Crippen LogP contribution in [0.15, 0.2) is 44.0 Å². The molecule has 0 amide bonds. The summed E-state index contributed by atoms with van der Waals surface area (Å²) in [6.07, 6.45) is 6.11. The first-order chi connectivity index (χ1) is 9.97. The topological polar surface area (TPSA) is 74.6 Å². The minimum atomic E-state index is -1.26. The van der Waals surface area contributed by atoms with Crippen molar-refractivity contribution in [3.63, 3.8) is 0 Å². The summed E-state index contributed by atoms with van der Waals surface area (Å²) in [5.74, 6) is -2.51. The van der Waals surface area contributed by atoms with Crippen molar-refractivity contribution >= 4 is 11.9 Å². The van der Waals surface area contributed by atoms with Gasteiger partial charge in [-0.1, -0.05) is 18.2 Å². The zero-order valence-electron chi connectivity index (χ0n) is 11.8. The minimum absolute atomic E-state index is 0.174. The van der Waals surface area contributed by atoms with Gasteiger partial charge in [0.2, 0.25) is 0 Å². The Balaban J connectivity index is 3.81. The molecule has 0 aliphatic carbocycles. The van der Waals surface area contributed by atoms with Gasteiger partial charge in [-0.05, 0) is 42.0 Å². The van der Waals surface area contributed by atoms with Crippen molar-refractivity contribution in [2.45, 2.75) is 19.3 Å². The Labute approximate surface area is 123 Å². The lowest BCUT2D eigenvalue weighted by atomic mass is 9.87. The highest BCUT2D eigenvalue weighted by Crippen LogP contribution is 2.26. The first-order valence-corrected chi connectivity index (χ1v) is 6.44. The highest BCUT2D eigenvalue weighted by Gasteiger charge is 2.24. The Morgan fingerprint density at radius 2 is 1.43 bits per heavy atom. The number of benzene rings is 1. The number of hydrogen-bond donors (Lipinski definition) is 2. The highest BCUT2D eigenvalue weighted by atomic mass is 16.4. The fourth-order valence-corrected chi connectivity index (χ4v) is 2.36. The van der Waals surface area contributed by atoms with E-state index in [1.54, 1.807) is 18.2 Å². The molecule has 21 heavy (non-hydrogen) atoms. The number of allylic oxidation sites excluding steroid dienone is 3. The maximum absolute atomic E-state index is 11.5. The van der Waals surface area contributed by atoms with Crippen molar-refractivity contribution in [3.8, 4) is 0 Å². The highest BCUT2D eigenvalue weighted by molar-refractivity contribution is 6.03. The first-order valence-electron chi connectivity index (χ1n) is 6.44. The summed E-state index contributed by atoms with van der Waals surface area (Å²) in [5.41, 5.74) is 1.64. The molecule has 0 bridgehead atoms. The quantitative estimate of drug-likeness (QED) is 0.719. The van der Waals surface area contributed by atoms with Crippen molar-refractivity contribution < 1.29 is 19.8 Å². The van der Waals surface area contributed by atoms with Crippen LogP contribution < -0.4 is 0 Å². The smallest absolute Gasteiger partial charge is 0.336 e. The average molecular weight is 286 g/mol. The average Bonchev–Trinajstić information content (AvgIpc) is 2.41. The largest absolute Gasteiger partial charge is 0.478 e. The van der Waals surface area contributed by atoms with Gasteiger partial charge in [0.15, 0.2) is 0 Å². The molecule has 1 rings (SSSR count). The van der Waals surface area contributed by atoms with Gasteiger partial charge in [0.1, 0.15) is 0 Å². The molecule has 1 aromatic rings. The lowest BCUT2D eigenvalue weighted by molar-refractivity contribution is 0.0650. The van der Waals surface area contributed by atoms with E-state index in [4.69, 9.17) is 0 Å². The predicted molar refractivity (Wildman–Crippen MR) is 82.1 cm³/mol. The summed E-state index contributed by atoms with van der Waals surface area (Å²) in [6.45, 7) is 11.0. The van der Waals surface area contributed by atoms with Crippen molar-refractivity contribution in [1.29, 1.82) is 0 Å². The third kappa shape index (κ3) is 3.48. The van der Waals surface area contributed by atoms with Gasteiger partial charge in [-0.3, -0.25) is 0 Å². The number of rotatable bonds is 8. The lowest BCUT2D eigenvalue weighted by Crippen LogP contribution is -2.15. The van der Waals surface area contributed by atoms with E-state index >= 15 is 0 Å². The second-order valence-corrected chi connectivity index (χ2v) is 4.50. The minimum Gasteiger partial charge on any atom is -0.478 e. The zero-order valence-corrected chi connectivity index (χ0v) is 11.8.